The van der Waals surface area contributed by atoms with Gasteiger partial charge in [0.2, 0.25) is 5.91 Å². The van der Waals surface area contributed by atoms with Crippen LogP contribution in [0.25, 0.3) is 10.9 Å². The van der Waals surface area contributed by atoms with Gasteiger partial charge in [-0.1, -0.05) is 46.3 Å². The van der Waals surface area contributed by atoms with E-state index in [1.807, 2.05) is 49.4 Å². The van der Waals surface area contributed by atoms with Gasteiger partial charge in [-0.3, -0.25) is 14.4 Å². The molecule has 0 radical (unpaired) electrons. The van der Waals surface area contributed by atoms with Crippen LogP contribution in [0, 0.1) is 6.92 Å². The van der Waals surface area contributed by atoms with Crippen LogP contribution >= 0.6 is 15.9 Å². The summed E-state index contributed by atoms with van der Waals surface area (Å²) in [6.07, 6.45) is -0.118. The number of aryl methyl sites for hydroxylation is 1. The molecule has 2 heterocycles. The molecule has 0 unspecified atom stereocenters. The Balaban J connectivity index is 1.76. The largest absolute Gasteiger partial charge is 0.481 e. The summed E-state index contributed by atoms with van der Waals surface area (Å²) in [5.74, 6) is -1.48. The second kappa shape index (κ2) is 8.47. The maximum atomic E-state index is 12.9. The van der Waals surface area contributed by atoms with Gasteiger partial charge in [0.25, 0.3) is 5.56 Å². The number of carboxylic acids is 1. The second-order valence-corrected chi connectivity index (χ2v) is 8.41. The Morgan fingerprint density at radius 3 is 2.65 bits per heavy atom. The van der Waals surface area contributed by atoms with Gasteiger partial charge in [-0.05, 0) is 41.6 Å². The first kappa shape index (κ1) is 21.0. The third-order valence-corrected chi connectivity index (χ3v) is 5.90. The molecule has 158 valence electrons. The van der Waals surface area contributed by atoms with Crippen molar-refractivity contribution in [2.75, 3.05) is 0 Å². The number of aliphatic carboxylic acids is 1. The minimum Gasteiger partial charge on any atom is -0.481 e. The lowest BCUT2D eigenvalue weighted by atomic mass is 9.97. The highest BCUT2D eigenvalue weighted by atomic mass is 79.9. The fourth-order valence-corrected chi connectivity index (χ4v) is 4.04. The number of rotatable bonds is 5. The molecule has 0 aliphatic carbocycles. The number of nitrogens with one attached hydrogen (secondary N) is 1. The number of hydrazone groups is 1. The standard InChI is InChI=1S/C23H20BrN3O4/c1-13-3-2-4-15-11-17(23(31)25-22(13)15)19-12-18(14-5-7-16(24)8-6-14)26-27(19)20(28)9-10-21(29)30/h2-8,11,19H,9-10,12H2,1H3,(H,25,31)(H,29,30)/t19-/m1/s1. The predicted molar refractivity (Wildman–Crippen MR) is 121 cm³/mol. The van der Waals surface area contributed by atoms with Gasteiger partial charge in [-0.15, -0.1) is 0 Å². The number of hydrogen-bond acceptors (Lipinski definition) is 4. The zero-order chi connectivity index (χ0) is 22.1. The highest BCUT2D eigenvalue weighted by Gasteiger charge is 2.34. The summed E-state index contributed by atoms with van der Waals surface area (Å²) in [6.45, 7) is 1.92. The Labute approximate surface area is 186 Å². The molecule has 1 atom stereocenters. The van der Waals surface area contributed by atoms with Crippen LogP contribution in [0.15, 0.2) is 62.9 Å². The number of pyridine rings is 1. The lowest BCUT2D eigenvalue weighted by Gasteiger charge is -2.21. The quantitative estimate of drug-likeness (QED) is 0.571. The number of hydrogen-bond donors (Lipinski definition) is 2. The topological polar surface area (TPSA) is 103 Å². The number of halogens is 1. The van der Waals surface area contributed by atoms with Gasteiger partial charge in [-0.2, -0.15) is 5.10 Å². The van der Waals surface area contributed by atoms with E-state index >= 15 is 0 Å². The predicted octanol–water partition coefficient (Wildman–Crippen LogP) is 4.14. The highest BCUT2D eigenvalue weighted by Crippen LogP contribution is 2.33. The number of aromatic nitrogens is 1. The van der Waals surface area contributed by atoms with Crippen molar-refractivity contribution in [2.45, 2.75) is 32.2 Å². The van der Waals surface area contributed by atoms with E-state index in [0.29, 0.717) is 17.7 Å². The van der Waals surface area contributed by atoms with Crippen molar-refractivity contribution >= 4 is 44.4 Å². The monoisotopic (exact) mass is 481 g/mol. The SMILES string of the molecule is Cc1cccc2cc([C@H]3CC(c4ccc(Br)cc4)=NN3C(=O)CCC(=O)O)c(=O)[nH]c12. The highest BCUT2D eigenvalue weighted by molar-refractivity contribution is 9.10. The van der Waals surface area contributed by atoms with Gasteiger partial charge in [0, 0.05) is 22.9 Å². The van der Waals surface area contributed by atoms with Gasteiger partial charge >= 0.3 is 5.97 Å². The molecule has 7 nitrogen and oxygen atoms in total. The molecule has 2 N–H and O–H groups in total. The second-order valence-electron chi connectivity index (χ2n) is 7.50. The average Bonchev–Trinajstić information content (AvgIpc) is 3.18. The third-order valence-electron chi connectivity index (χ3n) is 5.37. The van der Waals surface area contributed by atoms with Crippen molar-refractivity contribution in [3.8, 4) is 0 Å². The van der Waals surface area contributed by atoms with Crippen LogP contribution in [-0.2, 0) is 9.59 Å². The van der Waals surface area contributed by atoms with Crippen molar-refractivity contribution in [2.24, 2.45) is 5.10 Å². The van der Waals surface area contributed by atoms with Crippen LogP contribution in [-0.4, -0.2) is 32.7 Å². The van der Waals surface area contributed by atoms with Gasteiger partial charge in [-0.25, -0.2) is 5.01 Å². The first-order valence-corrected chi connectivity index (χ1v) is 10.6. The number of benzene rings is 2. The van der Waals surface area contributed by atoms with Crippen LogP contribution < -0.4 is 5.56 Å². The summed E-state index contributed by atoms with van der Waals surface area (Å²) in [6, 6.07) is 14.5. The molecular weight excluding hydrogens is 462 g/mol. The van der Waals surface area contributed by atoms with E-state index in [-0.39, 0.29) is 18.4 Å². The summed E-state index contributed by atoms with van der Waals surface area (Å²) in [4.78, 5) is 39.7. The van der Waals surface area contributed by atoms with Crippen LogP contribution in [0.4, 0.5) is 0 Å². The lowest BCUT2D eigenvalue weighted by Crippen LogP contribution is -2.31. The van der Waals surface area contributed by atoms with Crippen molar-refractivity contribution < 1.29 is 14.7 Å². The molecule has 0 saturated heterocycles. The summed E-state index contributed by atoms with van der Waals surface area (Å²) in [7, 11) is 0. The molecule has 0 saturated carbocycles. The Hall–Kier alpha value is -3.26. The zero-order valence-electron chi connectivity index (χ0n) is 16.8. The molecule has 3 aromatic rings. The molecule has 0 bridgehead atoms. The fraction of sp³-hybridized carbons (Fsp3) is 0.217. The van der Waals surface area contributed by atoms with E-state index in [1.54, 1.807) is 6.07 Å². The summed E-state index contributed by atoms with van der Waals surface area (Å²) in [5, 5.41) is 15.6. The summed E-state index contributed by atoms with van der Waals surface area (Å²) < 4.78 is 0.919. The molecule has 1 aliphatic rings. The van der Waals surface area contributed by atoms with Gasteiger partial charge < -0.3 is 10.1 Å². The number of amides is 1. The summed E-state index contributed by atoms with van der Waals surface area (Å²) >= 11 is 3.40. The Kier molecular flexibility index (Phi) is 5.73. The maximum Gasteiger partial charge on any atom is 0.303 e. The fourth-order valence-electron chi connectivity index (χ4n) is 3.78. The van der Waals surface area contributed by atoms with E-state index in [9.17, 15) is 14.4 Å². The number of fused-ring (bicyclic) bond motifs is 1. The van der Waals surface area contributed by atoms with E-state index in [0.717, 1.165) is 26.5 Å². The molecule has 31 heavy (non-hydrogen) atoms. The Morgan fingerprint density at radius 1 is 1.19 bits per heavy atom. The molecule has 1 aliphatic heterocycles. The van der Waals surface area contributed by atoms with Crippen LogP contribution in [0.3, 0.4) is 0 Å². The molecule has 1 aromatic heterocycles. The molecule has 8 heteroatoms. The van der Waals surface area contributed by atoms with E-state index in [4.69, 9.17) is 5.11 Å². The molecular formula is C23H20BrN3O4. The first-order chi connectivity index (χ1) is 14.8. The number of carbonyl (C=O) groups is 2. The van der Waals surface area contributed by atoms with Gasteiger partial charge in [0.15, 0.2) is 0 Å². The number of para-hydroxylation sites is 1. The van der Waals surface area contributed by atoms with E-state index in [2.05, 4.69) is 26.0 Å². The number of nitrogens with zero attached hydrogens (tertiary/aromatic N) is 2. The van der Waals surface area contributed by atoms with Crippen molar-refractivity contribution in [3.05, 3.63) is 80.0 Å². The Morgan fingerprint density at radius 2 is 1.94 bits per heavy atom. The molecule has 4 rings (SSSR count). The molecule has 0 spiro atoms. The number of H-pyrrole nitrogens is 1. The van der Waals surface area contributed by atoms with E-state index < -0.39 is 17.9 Å². The van der Waals surface area contributed by atoms with Gasteiger partial charge in [0.1, 0.15) is 0 Å². The molecule has 1 amide bonds. The minimum absolute atomic E-state index is 0.187. The van der Waals surface area contributed by atoms with Gasteiger partial charge in [0.05, 0.1) is 23.7 Å². The first-order valence-electron chi connectivity index (χ1n) is 9.83. The average molecular weight is 482 g/mol. The molecule has 2 aromatic carbocycles. The van der Waals surface area contributed by atoms with Crippen molar-refractivity contribution in [1.82, 2.24) is 9.99 Å². The van der Waals surface area contributed by atoms with Crippen LogP contribution in [0.1, 0.15) is 42.0 Å². The maximum absolute atomic E-state index is 12.9. The third kappa shape index (κ3) is 4.29. The smallest absolute Gasteiger partial charge is 0.303 e. The zero-order valence-corrected chi connectivity index (χ0v) is 18.3. The van der Waals surface area contributed by atoms with Crippen molar-refractivity contribution in [3.63, 3.8) is 0 Å². The summed E-state index contributed by atoms with van der Waals surface area (Å²) in [5.41, 5.74) is 3.37. The minimum atomic E-state index is -1.06. The Bertz CT molecular complexity index is 1260. The lowest BCUT2D eigenvalue weighted by molar-refractivity contribution is -0.141. The van der Waals surface area contributed by atoms with Crippen LogP contribution in [0.2, 0.25) is 0 Å². The number of aromatic amines is 1. The number of carboxylic acid groups (broad SMARTS) is 1. The van der Waals surface area contributed by atoms with E-state index in [1.165, 1.54) is 5.01 Å². The number of carbonyl (C=O) groups excluding carboxylic acids is 1. The normalized spacial score (nSPS) is 15.9. The molecule has 0 fully saturated rings. The van der Waals surface area contributed by atoms with Crippen LogP contribution in [0.5, 0.6) is 0 Å². The van der Waals surface area contributed by atoms with Crippen molar-refractivity contribution in [1.29, 1.82) is 0 Å².